The minimum atomic E-state index is -0.140. The summed E-state index contributed by atoms with van der Waals surface area (Å²) in [6.07, 6.45) is 4.29. The van der Waals surface area contributed by atoms with Crippen LogP contribution in [0, 0.1) is 6.92 Å². The van der Waals surface area contributed by atoms with Gasteiger partial charge in [-0.15, -0.1) is 11.3 Å². The van der Waals surface area contributed by atoms with Gasteiger partial charge in [0.05, 0.1) is 4.88 Å². The number of hydrogen-bond donors (Lipinski definition) is 3. The van der Waals surface area contributed by atoms with Gasteiger partial charge in [0.25, 0.3) is 5.91 Å². The Kier molecular flexibility index (Phi) is 5.16. The summed E-state index contributed by atoms with van der Waals surface area (Å²) in [4.78, 5) is 14.3. The summed E-state index contributed by atoms with van der Waals surface area (Å²) < 4.78 is 0. The number of carbonyl (C=O) groups is 1. The maximum absolute atomic E-state index is 12.2. The van der Waals surface area contributed by atoms with E-state index < -0.39 is 0 Å². The molecule has 0 radical (unpaired) electrons. The summed E-state index contributed by atoms with van der Waals surface area (Å²) in [6.45, 7) is 4.14. The van der Waals surface area contributed by atoms with Crippen molar-refractivity contribution in [1.82, 2.24) is 10.9 Å². The largest absolute Gasteiger partial charge is 0.331 e. The van der Waals surface area contributed by atoms with Gasteiger partial charge in [-0.3, -0.25) is 15.6 Å². The lowest BCUT2D eigenvalue weighted by Crippen LogP contribution is -2.43. The van der Waals surface area contributed by atoms with Gasteiger partial charge in [0.1, 0.15) is 0 Å². The Hall–Kier alpha value is -1.92. The van der Waals surface area contributed by atoms with Gasteiger partial charge in [0.2, 0.25) is 0 Å². The number of aryl methyl sites for hydroxylation is 4. The van der Waals surface area contributed by atoms with E-state index in [1.807, 2.05) is 25.1 Å². The number of nitrogens with one attached hydrogen (secondary N) is 3. The molecule has 2 aromatic rings. The lowest BCUT2D eigenvalue weighted by Gasteiger charge is -2.16. The first-order valence-electron chi connectivity index (χ1n) is 8.16. The first kappa shape index (κ1) is 16.9. The van der Waals surface area contributed by atoms with E-state index in [2.05, 4.69) is 29.2 Å². The first-order chi connectivity index (χ1) is 11.6. The predicted molar refractivity (Wildman–Crippen MR) is 104 cm³/mol. The molecule has 3 rings (SSSR count). The number of rotatable bonds is 3. The van der Waals surface area contributed by atoms with Crippen molar-refractivity contribution in [2.24, 2.45) is 0 Å². The third-order valence-electron chi connectivity index (χ3n) is 4.24. The average molecular weight is 360 g/mol. The van der Waals surface area contributed by atoms with Gasteiger partial charge in [-0.1, -0.05) is 25.1 Å². The molecule has 0 saturated carbocycles. The summed E-state index contributed by atoms with van der Waals surface area (Å²) >= 11 is 6.88. The molecule has 6 heteroatoms. The van der Waals surface area contributed by atoms with Crippen LogP contribution in [0.5, 0.6) is 0 Å². The van der Waals surface area contributed by atoms with Crippen molar-refractivity contribution in [3.8, 4) is 0 Å². The molecule has 1 amide bonds. The molecule has 0 saturated heterocycles. The molecule has 126 valence electrons. The minimum Gasteiger partial charge on any atom is -0.331 e. The van der Waals surface area contributed by atoms with Gasteiger partial charge in [0.15, 0.2) is 5.11 Å². The lowest BCUT2D eigenvalue weighted by atomic mass is 10.1. The molecular weight excluding hydrogens is 338 g/mol. The lowest BCUT2D eigenvalue weighted by molar-refractivity contribution is 0.0948. The average Bonchev–Trinajstić information content (AvgIpc) is 3.16. The molecule has 4 nitrogen and oxygen atoms in total. The monoisotopic (exact) mass is 359 g/mol. The Bertz CT molecular complexity index is 761. The quantitative estimate of drug-likeness (QED) is 0.577. The summed E-state index contributed by atoms with van der Waals surface area (Å²) in [6, 6.07) is 8.14. The van der Waals surface area contributed by atoms with Crippen molar-refractivity contribution in [3.63, 3.8) is 0 Å². The smallest absolute Gasteiger partial charge is 0.279 e. The highest BCUT2D eigenvalue weighted by Gasteiger charge is 2.18. The number of fused-ring (bicyclic) bond motifs is 1. The molecule has 0 atom stereocenters. The molecule has 0 fully saturated rings. The van der Waals surface area contributed by atoms with E-state index in [0.29, 0.717) is 5.11 Å². The van der Waals surface area contributed by atoms with Crippen molar-refractivity contribution in [2.75, 3.05) is 5.32 Å². The molecule has 0 bridgehead atoms. The van der Waals surface area contributed by atoms with Crippen LogP contribution in [0.25, 0.3) is 0 Å². The van der Waals surface area contributed by atoms with Crippen molar-refractivity contribution >= 4 is 40.3 Å². The van der Waals surface area contributed by atoms with Crippen LogP contribution in [0.4, 0.5) is 5.69 Å². The maximum atomic E-state index is 12.2. The van der Waals surface area contributed by atoms with Crippen molar-refractivity contribution in [1.29, 1.82) is 0 Å². The fourth-order valence-corrected chi connectivity index (χ4v) is 4.26. The minimum absolute atomic E-state index is 0.140. The van der Waals surface area contributed by atoms with Crippen LogP contribution >= 0.6 is 23.6 Å². The van der Waals surface area contributed by atoms with E-state index in [1.165, 1.54) is 22.4 Å². The highest BCUT2D eigenvalue weighted by atomic mass is 32.1. The fourth-order valence-electron chi connectivity index (χ4n) is 2.96. The van der Waals surface area contributed by atoms with E-state index >= 15 is 0 Å². The predicted octanol–water partition coefficient (Wildman–Crippen LogP) is 3.74. The normalized spacial score (nSPS) is 12.6. The SMILES string of the molecule is CCc1cccc(C)c1NC(=S)NNC(=O)c1cc2c(s1)CCC2. The van der Waals surface area contributed by atoms with Gasteiger partial charge in [-0.05, 0) is 67.6 Å². The van der Waals surface area contributed by atoms with Gasteiger partial charge >= 0.3 is 0 Å². The van der Waals surface area contributed by atoms with Gasteiger partial charge in [-0.25, -0.2) is 0 Å². The van der Waals surface area contributed by atoms with Crippen LogP contribution in [0.1, 0.15) is 44.6 Å². The van der Waals surface area contributed by atoms with E-state index in [1.54, 1.807) is 11.3 Å². The number of para-hydroxylation sites is 1. The van der Waals surface area contributed by atoms with E-state index in [-0.39, 0.29) is 5.91 Å². The highest BCUT2D eigenvalue weighted by molar-refractivity contribution is 7.80. The summed E-state index contributed by atoms with van der Waals surface area (Å²) in [5.41, 5.74) is 10.1. The second-order valence-electron chi connectivity index (χ2n) is 5.91. The van der Waals surface area contributed by atoms with Crippen molar-refractivity contribution in [3.05, 3.63) is 50.7 Å². The van der Waals surface area contributed by atoms with Gasteiger partial charge < -0.3 is 5.32 Å². The standard InChI is InChI=1S/C18H21N3OS2/c1-3-12-7-4-6-11(2)16(12)19-18(23)21-20-17(22)15-10-13-8-5-9-14(13)24-15/h4,6-7,10H,3,5,8-9H2,1-2H3,(H,20,22)(H2,19,21,23). The van der Waals surface area contributed by atoms with Crippen molar-refractivity contribution in [2.45, 2.75) is 39.5 Å². The number of carbonyl (C=O) groups excluding carboxylic acids is 1. The van der Waals surface area contributed by atoms with E-state index in [9.17, 15) is 4.79 Å². The summed E-state index contributed by atoms with van der Waals surface area (Å²) in [5.74, 6) is -0.140. The molecule has 1 aliphatic rings. The Labute approximate surface area is 151 Å². The van der Waals surface area contributed by atoms with Crippen LogP contribution < -0.4 is 16.2 Å². The van der Waals surface area contributed by atoms with Gasteiger partial charge in [-0.2, -0.15) is 0 Å². The molecule has 1 heterocycles. The summed E-state index contributed by atoms with van der Waals surface area (Å²) in [5, 5.41) is 3.57. The zero-order chi connectivity index (χ0) is 17.1. The number of thiophene rings is 1. The topological polar surface area (TPSA) is 53.2 Å². The van der Waals surface area contributed by atoms with Crippen LogP contribution in [0.2, 0.25) is 0 Å². The first-order valence-corrected chi connectivity index (χ1v) is 9.38. The number of thiocarbonyl (C=S) groups is 1. The third kappa shape index (κ3) is 3.60. The van der Waals surface area contributed by atoms with Crippen LogP contribution in [-0.2, 0) is 19.3 Å². The third-order valence-corrected chi connectivity index (χ3v) is 5.68. The molecule has 1 aromatic carbocycles. The molecule has 1 aliphatic carbocycles. The Morgan fingerprint density at radius 1 is 1.29 bits per heavy atom. The Balaban J connectivity index is 1.58. The van der Waals surface area contributed by atoms with Gasteiger partial charge in [0, 0.05) is 10.6 Å². The Morgan fingerprint density at radius 3 is 2.88 bits per heavy atom. The molecule has 1 aromatic heterocycles. The van der Waals surface area contributed by atoms with Crippen LogP contribution in [0.3, 0.4) is 0 Å². The molecule has 3 N–H and O–H groups in total. The van der Waals surface area contributed by atoms with E-state index in [0.717, 1.165) is 35.4 Å². The molecule has 0 spiro atoms. The Morgan fingerprint density at radius 2 is 2.12 bits per heavy atom. The van der Waals surface area contributed by atoms with E-state index in [4.69, 9.17) is 12.2 Å². The van der Waals surface area contributed by atoms with Crippen LogP contribution in [-0.4, -0.2) is 11.0 Å². The fraction of sp³-hybridized carbons (Fsp3) is 0.333. The van der Waals surface area contributed by atoms with Crippen molar-refractivity contribution < 1.29 is 4.79 Å². The number of hydrazine groups is 1. The molecule has 0 unspecified atom stereocenters. The molecular formula is C18H21N3OS2. The zero-order valence-electron chi connectivity index (χ0n) is 13.9. The maximum Gasteiger partial charge on any atom is 0.279 e. The molecule has 24 heavy (non-hydrogen) atoms. The second-order valence-corrected chi connectivity index (χ2v) is 7.45. The highest BCUT2D eigenvalue weighted by Crippen LogP contribution is 2.30. The second kappa shape index (κ2) is 7.32. The number of anilines is 1. The summed E-state index contributed by atoms with van der Waals surface area (Å²) in [7, 11) is 0. The number of benzene rings is 1. The molecule has 0 aliphatic heterocycles. The zero-order valence-corrected chi connectivity index (χ0v) is 15.5. The number of hydrogen-bond acceptors (Lipinski definition) is 3. The van der Waals surface area contributed by atoms with Crippen LogP contribution in [0.15, 0.2) is 24.3 Å². The number of amides is 1.